The van der Waals surface area contributed by atoms with Crippen molar-refractivity contribution in [3.05, 3.63) is 35.4 Å². The van der Waals surface area contributed by atoms with Crippen molar-refractivity contribution < 1.29 is 14.3 Å². The minimum atomic E-state index is -0.940. The molecule has 0 saturated heterocycles. The summed E-state index contributed by atoms with van der Waals surface area (Å²) in [6.45, 7) is 3.28. The zero-order chi connectivity index (χ0) is 16.0. The number of carbonyl (C=O) groups is 2. The van der Waals surface area contributed by atoms with E-state index in [9.17, 15) is 9.59 Å². The summed E-state index contributed by atoms with van der Waals surface area (Å²) in [5.74, 6) is 1.82. The molecule has 112 valence electrons. The average Bonchev–Trinajstić information content (AvgIpc) is 2.43. The van der Waals surface area contributed by atoms with Gasteiger partial charge in [0.1, 0.15) is 6.04 Å². The summed E-state index contributed by atoms with van der Waals surface area (Å²) in [7, 11) is 1.25. The quantitative estimate of drug-likeness (QED) is 0.633. The molecule has 0 radical (unpaired) electrons. The summed E-state index contributed by atoms with van der Waals surface area (Å²) in [4.78, 5) is 26.5. The summed E-state index contributed by atoms with van der Waals surface area (Å²) in [6, 6.07) is 5.74. The van der Waals surface area contributed by atoms with Gasteiger partial charge in [0.25, 0.3) is 5.91 Å². The zero-order valence-corrected chi connectivity index (χ0v) is 13.7. The Morgan fingerprint density at radius 3 is 2.33 bits per heavy atom. The van der Waals surface area contributed by atoms with E-state index >= 15 is 0 Å². The Morgan fingerprint density at radius 2 is 1.90 bits per heavy atom. The lowest BCUT2D eigenvalue weighted by molar-refractivity contribution is -0.144. The lowest BCUT2D eigenvalue weighted by Crippen LogP contribution is -2.59. The van der Waals surface area contributed by atoms with Crippen LogP contribution in [0.4, 0.5) is 0 Å². The van der Waals surface area contributed by atoms with Gasteiger partial charge in [0.15, 0.2) is 0 Å². The first-order valence-electron chi connectivity index (χ1n) is 6.19. The van der Waals surface area contributed by atoms with E-state index in [-0.39, 0.29) is 0 Å². The molecule has 0 aliphatic heterocycles. The topological polar surface area (TPSA) is 81.4 Å². The van der Waals surface area contributed by atoms with Crippen molar-refractivity contribution in [2.75, 3.05) is 7.11 Å². The molecule has 0 unspecified atom stereocenters. The van der Waals surface area contributed by atoms with Gasteiger partial charge in [-0.25, -0.2) is 4.79 Å². The van der Waals surface area contributed by atoms with Crippen LogP contribution in [0.3, 0.4) is 0 Å². The minimum Gasteiger partial charge on any atom is -0.467 e. The van der Waals surface area contributed by atoms with Crippen LogP contribution in [0.5, 0.6) is 0 Å². The van der Waals surface area contributed by atoms with E-state index in [0.29, 0.717) is 5.56 Å². The fraction of sp³-hybridized carbons (Fsp3) is 0.333. The van der Waals surface area contributed by atoms with E-state index in [0.717, 1.165) is 5.56 Å². The number of nitrogens with one attached hydrogen (secondary N) is 1. The van der Waals surface area contributed by atoms with Gasteiger partial charge in [0.2, 0.25) is 0 Å². The monoisotopic (exact) mass is 352 g/mol. The molecular weight excluding hydrogens is 336 g/mol. The molecule has 1 amide bonds. The molecule has 0 aliphatic rings. The molecule has 0 bridgehead atoms. The number of hydrogen-bond acceptors (Lipinski definition) is 4. The molecule has 0 fully saturated rings. The Bertz CT molecular complexity index is 580. The number of esters is 1. The third-order valence-corrected chi connectivity index (χ3v) is 2.99. The summed E-state index contributed by atoms with van der Waals surface area (Å²) in [6.07, 6.45) is 0. The van der Waals surface area contributed by atoms with E-state index in [1.165, 1.54) is 7.11 Å². The number of benzene rings is 1. The van der Waals surface area contributed by atoms with E-state index in [4.69, 9.17) is 5.73 Å². The highest BCUT2D eigenvalue weighted by Crippen LogP contribution is 2.10. The van der Waals surface area contributed by atoms with E-state index in [1.807, 2.05) is 0 Å². The number of amides is 1. The molecule has 6 heteroatoms. The van der Waals surface area contributed by atoms with Crippen LogP contribution in [-0.2, 0) is 9.53 Å². The van der Waals surface area contributed by atoms with Crippen LogP contribution >= 0.6 is 15.9 Å². The predicted octanol–water partition coefficient (Wildman–Crippen LogP) is 1.40. The third kappa shape index (κ3) is 4.88. The Labute approximate surface area is 132 Å². The van der Waals surface area contributed by atoms with Gasteiger partial charge in [-0.05, 0) is 42.9 Å². The van der Waals surface area contributed by atoms with Crippen molar-refractivity contribution in [1.29, 1.82) is 0 Å². The maximum Gasteiger partial charge on any atom is 0.330 e. The normalized spacial score (nSPS) is 11.9. The van der Waals surface area contributed by atoms with Crippen molar-refractivity contribution >= 4 is 27.8 Å². The third-order valence-electron chi connectivity index (χ3n) is 2.80. The van der Waals surface area contributed by atoms with Crippen molar-refractivity contribution in [3.8, 4) is 10.8 Å². The highest BCUT2D eigenvalue weighted by Gasteiger charge is 2.34. The highest BCUT2D eigenvalue weighted by molar-refractivity contribution is 9.12. The molecule has 5 nitrogen and oxygen atoms in total. The van der Waals surface area contributed by atoms with E-state index in [2.05, 4.69) is 36.7 Å². The average molecular weight is 353 g/mol. The lowest BCUT2D eigenvalue weighted by Gasteiger charge is -2.28. The van der Waals surface area contributed by atoms with Crippen molar-refractivity contribution in [1.82, 2.24) is 5.32 Å². The van der Waals surface area contributed by atoms with Crippen LogP contribution in [0.25, 0.3) is 0 Å². The van der Waals surface area contributed by atoms with Gasteiger partial charge < -0.3 is 15.8 Å². The predicted molar refractivity (Wildman–Crippen MR) is 83.8 cm³/mol. The lowest BCUT2D eigenvalue weighted by atomic mass is 9.95. The van der Waals surface area contributed by atoms with Gasteiger partial charge in [-0.1, -0.05) is 5.92 Å². The Hall–Kier alpha value is -1.84. The second-order valence-electron chi connectivity index (χ2n) is 5.05. The number of halogens is 1. The van der Waals surface area contributed by atoms with Gasteiger partial charge in [-0.15, -0.1) is 0 Å². The van der Waals surface area contributed by atoms with Crippen LogP contribution in [0.15, 0.2) is 24.3 Å². The fourth-order valence-electron chi connectivity index (χ4n) is 1.64. The number of nitrogens with two attached hydrogens (primary N) is 1. The first kappa shape index (κ1) is 17.2. The first-order valence-corrected chi connectivity index (χ1v) is 6.98. The van der Waals surface area contributed by atoms with Gasteiger partial charge in [0.05, 0.1) is 7.11 Å². The van der Waals surface area contributed by atoms with Crippen LogP contribution in [-0.4, -0.2) is 30.6 Å². The van der Waals surface area contributed by atoms with Gasteiger partial charge in [-0.3, -0.25) is 4.79 Å². The second kappa shape index (κ2) is 7.25. The molecular formula is C15H17BrN2O3. The Morgan fingerprint density at radius 1 is 1.33 bits per heavy atom. The number of rotatable bonds is 4. The molecule has 1 rings (SSSR count). The van der Waals surface area contributed by atoms with E-state index < -0.39 is 23.5 Å². The molecule has 0 spiro atoms. The van der Waals surface area contributed by atoms with Crippen LogP contribution in [0.1, 0.15) is 29.8 Å². The number of ether oxygens (including phenoxy) is 1. The molecule has 1 aromatic carbocycles. The standard InChI is InChI=1S/C15H17BrN2O3/c1-15(2,17)12(14(20)21-3)18-13(19)11-6-4-10(5-7-11)8-9-16/h4-7,12H,17H2,1-3H3,(H,18,19)/t12-/m1/s1. The largest absolute Gasteiger partial charge is 0.467 e. The smallest absolute Gasteiger partial charge is 0.330 e. The molecule has 0 saturated carbocycles. The summed E-state index contributed by atoms with van der Waals surface area (Å²) >= 11 is 3.01. The first-order chi connectivity index (χ1) is 9.79. The molecule has 1 aromatic rings. The summed E-state index contributed by atoms with van der Waals surface area (Å²) in [5.41, 5.74) is 6.15. The highest BCUT2D eigenvalue weighted by atomic mass is 79.9. The molecule has 3 N–H and O–H groups in total. The molecule has 1 atom stereocenters. The number of hydrogen-bond donors (Lipinski definition) is 2. The summed E-state index contributed by atoms with van der Waals surface area (Å²) < 4.78 is 4.67. The Balaban J connectivity index is 2.91. The molecule has 0 aromatic heterocycles. The summed E-state index contributed by atoms with van der Waals surface area (Å²) in [5, 5.41) is 2.59. The van der Waals surface area contributed by atoms with Gasteiger partial charge in [-0.2, -0.15) is 0 Å². The van der Waals surface area contributed by atoms with Crippen LogP contribution in [0.2, 0.25) is 0 Å². The minimum absolute atomic E-state index is 0.401. The van der Waals surface area contributed by atoms with Crippen molar-refractivity contribution in [2.24, 2.45) is 5.73 Å². The molecule has 0 heterocycles. The van der Waals surface area contributed by atoms with E-state index in [1.54, 1.807) is 38.1 Å². The van der Waals surface area contributed by atoms with Gasteiger partial charge in [0, 0.05) is 32.6 Å². The zero-order valence-electron chi connectivity index (χ0n) is 12.1. The van der Waals surface area contributed by atoms with Crippen molar-refractivity contribution in [2.45, 2.75) is 25.4 Å². The fourth-order valence-corrected chi connectivity index (χ4v) is 1.87. The molecule has 0 aliphatic carbocycles. The maximum absolute atomic E-state index is 12.2. The number of carbonyl (C=O) groups excluding carboxylic acids is 2. The second-order valence-corrected chi connectivity index (χ2v) is 5.44. The Kier molecular flexibility index (Phi) is 5.94. The van der Waals surface area contributed by atoms with Crippen LogP contribution in [0, 0.1) is 10.8 Å². The van der Waals surface area contributed by atoms with Crippen molar-refractivity contribution in [3.63, 3.8) is 0 Å². The SMILES string of the molecule is COC(=O)[C@@H](NC(=O)c1ccc(C#CBr)cc1)C(C)(C)N. The molecule has 21 heavy (non-hydrogen) atoms. The maximum atomic E-state index is 12.2. The van der Waals surface area contributed by atoms with Gasteiger partial charge >= 0.3 is 5.97 Å². The number of methoxy groups -OCH3 is 1. The van der Waals surface area contributed by atoms with Crippen LogP contribution < -0.4 is 11.1 Å².